The van der Waals surface area contributed by atoms with Crippen LogP contribution in [0.3, 0.4) is 0 Å². The van der Waals surface area contributed by atoms with Crippen LogP contribution in [0.1, 0.15) is 39.0 Å². The first-order valence-corrected chi connectivity index (χ1v) is 8.39. The highest BCUT2D eigenvalue weighted by molar-refractivity contribution is 7.99. The van der Waals surface area contributed by atoms with E-state index in [2.05, 4.69) is 12.2 Å². The maximum absolute atomic E-state index is 13.6. The van der Waals surface area contributed by atoms with Gasteiger partial charge in [0.25, 0.3) is 0 Å². The summed E-state index contributed by atoms with van der Waals surface area (Å²) in [5.41, 5.74) is 0. The summed E-state index contributed by atoms with van der Waals surface area (Å²) in [5, 5.41) is 3.61. The first kappa shape index (κ1) is 14.9. The number of halogens is 1. The molecule has 1 unspecified atom stereocenters. The molecule has 0 aromatic heterocycles. The fourth-order valence-electron chi connectivity index (χ4n) is 2.44. The average Bonchev–Trinajstić information content (AvgIpc) is 2.37. The third-order valence-corrected chi connectivity index (χ3v) is 5.01. The fourth-order valence-corrected chi connectivity index (χ4v) is 3.46. The van der Waals surface area contributed by atoms with Gasteiger partial charge in [-0.3, -0.25) is 0 Å². The van der Waals surface area contributed by atoms with Crippen LogP contribution in [0, 0.1) is 11.7 Å². The fraction of sp³-hybridized carbons (Fsp3) is 0.625. The van der Waals surface area contributed by atoms with Gasteiger partial charge in [0, 0.05) is 16.7 Å². The van der Waals surface area contributed by atoms with Gasteiger partial charge in [0.1, 0.15) is 5.82 Å². The van der Waals surface area contributed by atoms with E-state index in [1.165, 1.54) is 25.7 Å². The van der Waals surface area contributed by atoms with Gasteiger partial charge in [0.15, 0.2) is 0 Å². The molecule has 1 aliphatic carbocycles. The normalized spacial score (nSPS) is 17.2. The van der Waals surface area contributed by atoms with Crippen molar-refractivity contribution in [3.05, 3.63) is 30.1 Å². The molecule has 1 fully saturated rings. The Balaban J connectivity index is 1.82. The van der Waals surface area contributed by atoms with Gasteiger partial charge in [-0.05, 0) is 37.4 Å². The van der Waals surface area contributed by atoms with Crippen molar-refractivity contribution in [2.75, 3.05) is 12.3 Å². The third kappa shape index (κ3) is 4.81. The SMILES string of the molecule is CCCNC(CSc1ccccc1F)CC1CCC1. The lowest BCUT2D eigenvalue weighted by Gasteiger charge is -2.30. The van der Waals surface area contributed by atoms with E-state index >= 15 is 0 Å². The Hall–Kier alpha value is -0.540. The second kappa shape index (κ2) is 7.91. The molecule has 1 saturated carbocycles. The first-order chi connectivity index (χ1) is 9.29. The van der Waals surface area contributed by atoms with E-state index in [0.29, 0.717) is 6.04 Å². The van der Waals surface area contributed by atoms with E-state index in [9.17, 15) is 4.39 Å². The zero-order valence-electron chi connectivity index (χ0n) is 11.7. The van der Waals surface area contributed by atoms with Crippen molar-refractivity contribution in [2.45, 2.75) is 50.0 Å². The molecule has 1 aliphatic rings. The zero-order valence-corrected chi connectivity index (χ0v) is 12.5. The minimum Gasteiger partial charge on any atom is -0.313 e. The lowest BCUT2D eigenvalue weighted by atomic mass is 9.81. The van der Waals surface area contributed by atoms with Crippen molar-refractivity contribution in [1.29, 1.82) is 0 Å². The largest absolute Gasteiger partial charge is 0.313 e. The standard InChI is InChI=1S/C16H24FNS/c1-2-10-18-14(11-13-6-5-7-13)12-19-16-9-4-3-8-15(16)17/h3-4,8-9,13-14,18H,2,5-7,10-12H2,1H3. The van der Waals surface area contributed by atoms with E-state index in [4.69, 9.17) is 0 Å². The molecule has 1 aromatic carbocycles. The second-order valence-corrected chi connectivity index (χ2v) is 6.49. The smallest absolute Gasteiger partial charge is 0.136 e. The van der Waals surface area contributed by atoms with Crippen LogP contribution in [0.15, 0.2) is 29.2 Å². The quantitative estimate of drug-likeness (QED) is 0.705. The molecular formula is C16H24FNS. The van der Waals surface area contributed by atoms with Crippen LogP contribution < -0.4 is 5.32 Å². The Morgan fingerprint density at radius 3 is 2.79 bits per heavy atom. The van der Waals surface area contributed by atoms with Crippen molar-refractivity contribution in [3.63, 3.8) is 0 Å². The Morgan fingerprint density at radius 2 is 2.16 bits per heavy atom. The minimum absolute atomic E-state index is 0.0922. The molecule has 0 bridgehead atoms. The van der Waals surface area contributed by atoms with Gasteiger partial charge in [0.05, 0.1) is 0 Å². The van der Waals surface area contributed by atoms with Crippen molar-refractivity contribution < 1.29 is 4.39 Å². The highest BCUT2D eigenvalue weighted by Crippen LogP contribution is 2.32. The number of rotatable bonds is 8. The number of hydrogen-bond donors (Lipinski definition) is 1. The topological polar surface area (TPSA) is 12.0 Å². The molecule has 19 heavy (non-hydrogen) atoms. The molecular weight excluding hydrogens is 257 g/mol. The average molecular weight is 281 g/mol. The Bertz CT molecular complexity index is 379. The van der Waals surface area contributed by atoms with Gasteiger partial charge in [-0.2, -0.15) is 0 Å². The molecule has 0 heterocycles. The lowest BCUT2D eigenvalue weighted by molar-refractivity contribution is 0.268. The highest BCUT2D eigenvalue weighted by atomic mass is 32.2. The molecule has 0 radical (unpaired) electrons. The predicted molar refractivity (Wildman–Crippen MR) is 81.2 cm³/mol. The predicted octanol–water partition coefficient (Wildman–Crippen LogP) is 4.48. The molecule has 1 nitrogen and oxygen atoms in total. The van der Waals surface area contributed by atoms with Gasteiger partial charge in [0.2, 0.25) is 0 Å². The van der Waals surface area contributed by atoms with Crippen molar-refractivity contribution in [1.82, 2.24) is 5.32 Å². The lowest BCUT2D eigenvalue weighted by Crippen LogP contribution is -2.35. The molecule has 1 N–H and O–H groups in total. The van der Waals surface area contributed by atoms with Crippen molar-refractivity contribution in [3.8, 4) is 0 Å². The number of benzene rings is 1. The number of thioether (sulfide) groups is 1. The summed E-state index contributed by atoms with van der Waals surface area (Å²) in [7, 11) is 0. The van der Waals surface area contributed by atoms with E-state index in [1.807, 2.05) is 12.1 Å². The summed E-state index contributed by atoms with van der Waals surface area (Å²) in [6.45, 7) is 3.26. The maximum atomic E-state index is 13.6. The van der Waals surface area contributed by atoms with E-state index in [0.717, 1.165) is 29.5 Å². The summed E-state index contributed by atoms with van der Waals surface area (Å²) < 4.78 is 13.6. The monoisotopic (exact) mass is 281 g/mol. The third-order valence-electron chi connectivity index (χ3n) is 3.80. The van der Waals surface area contributed by atoms with Gasteiger partial charge < -0.3 is 5.32 Å². The Morgan fingerprint density at radius 1 is 1.37 bits per heavy atom. The van der Waals surface area contributed by atoms with E-state index < -0.39 is 0 Å². The number of hydrogen-bond acceptors (Lipinski definition) is 2. The van der Waals surface area contributed by atoms with Crippen LogP contribution in [0.4, 0.5) is 4.39 Å². The molecule has 1 atom stereocenters. The van der Waals surface area contributed by atoms with Gasteiger partial charge in [-0.1, -0.05) is 38.3 Å². The summed E-state index contributed by atoms with van der Waals surface area (Å²) in [6, 6.07) is 7.60. The summed E-state index contributed by atoms with van der Waals surface area (Å²) >= 11 is 1.64. The van der Waals surface area contributed by atoms with Crippen LogP contribution in [0.5, 0.6) is 0 Å². The van der Waals surface area contributed by atoms with Gasteiger partial charge >= 0.3 is 0 Å². The Labute approximate surface area is 120 Å². The molecule has 106 valence electrons. The highest BCUT2D eigenvalue weighted by Gasteiger charge is 2.22. The molecule has 0 amide bonds. The van der Waals surface area contributed by atoms with E-state index in [-0.39, 0.29) is 5.82 Å². The van der Waals surface area contributed by atoms with Gasteiger partial charge in [-0.15, -0.1) is 11.8 Å². The van der Waals surface area contributed by atoms with Crippen molar-refractivity contribution >= 4 is 11.8 Å². The Kier molecular flexibility index (Phi) is 6.18. The second-order valence-electron chi connectivity index (χ2n) is 5.43. The minimum atomic E-state index is -0.0922. The molecule has 0 saturated heterocycles. The summed E-state index contributed by atoms with van der Waals surface area (Å²) in [6.07, 6.45) is 6.57. The van der Waals surface area contributed by atoms with Crippen molar-refractivity contribution in [2.24, 2.45) is 5.92 Å². The number of nitrogens with one attached hydrogen (secondary N) is 1. The molecule has 0 spiro atoms. The van der Waals surface area contributed by atoms with Crippen LogP contribution in [-0.4, -0.2) is 18.3 Å². The zero-order chi connectivity index (χ0) is 13.5. The summed E-state index contributed by atoms with van der Waals surface area (Å²) in [4.78, 5) is 0.777. The van der Waals surface area contributed by atoms with Crippen LogP contribution >= 0.6 is 11.8 Å². The summed E-state index contributed by atoms with van der Waals surface area (Å²) in [5.74, 6) is 1.78. The molecule has 1 aromatic rings. The molecule has 2 rings (SSSR count). The van der Waals surface area contributed by atoms with E-state index in [1.54, 1.807) is 23.9 Å². The van der Waals surface area contributed by atoms with Crippen LogP contribution in [0.25, 0.3) is 0 Å². The van der Waals surface area contributed by atoms with Crippen LogP contribution in [-0.2, 0) is 0 Å². The molecule has 0 aliphatic heterocycles. The van der Waals surface area contributed by atoms with Gasteiger partial charge in [-0.25, -0.2) is 4.39 Å². The van der Waals surface area contributed by atoms with Crippen LogP contribution in [0.2, 0.25) is 0 Å². The molecule has 3 heteroatoms. The maximum Gasteiger partial charge on any atom is 0.136 e. The first-order valence-electron chi connectivity index (χ1n) is 7.40.